The van der Waals surface area contributed by atoms with Gasteiger partial charge in [0.05, 0.1) is 5.69 Å². The highest BCUT2D eigenvalue weighted by Gasteiger charge is 2.16. The van der Waals surface area contributed by atoms with Crippen LogP contribution in [0.1, 0.15) is 11.3 Å². The van der Waals surface area contributed by atoms with Crippen molar-refractivity contribution in [1.82, 2.24) is 5.16 Å². The Morgan fingerprint density at radius 2 is 2.25 bits per heavy atom. The zero-order valence-corrected chi connectivity index (χ0v) is 7.91. The summed E-state index contributed by atoms with van der Waals surface area (Å²) >= 11 is 1.99. The fourth-order valence-electron chi connectivity index (χ4n) is 1.44. The quantitative estimate of drug-likeness (QED) is 0.718. The lowest BCUT2D eigenvalue weighted by Gasteiger charge is -1.96. The standard InChI is InChI=1S/C8H12N2OS/c1-9-8-6-2-4-12-5-3-7(6)10-11-8/h9H,2-5H2,1H3. The number of rotatable bonds is 1. The topological polar surface area (TPSA) is 38.1 Å². The average molecular weight is 184 g/mol. The number of thioether (sulfide) groups is 1. The maximum Gasteiger partial charge on any atom is 0.227 e. The number of hydrogen-bond donors (Lipinski definition) is 1. The lowest BCUT2D eigenvalue weighted by atomic mass is 10.1. The van der Waals surface area contributed by atoms with Crippen LogP contribution in [0, 0.1) is 0 Å². The summed E-state index contributed by atoms with van der Waals surface area (Å²) in [5, 5.41) is 7.06. The second-order valence-corrected chi connectivity index (χ2v) is 4.02. The average Bonchev–Trinajstić information content (AvgIpc) is 2.33. The van der Waals surface area contributed by atoms with Crippen molar-refractivity contribution in [3.63, 3.8) is 0 Å². The highest BCUT2D eigenvalue weighted by molar-refractivity contribution is 7.99. The molecule has 1 aliphatic rings. The summed E-state index contributed by atoms with van der Waals surface area (Å²) < 4.78 is 5.15. The van der Waals surface area contributed by atoms with E-state index in [1.54, 1.807) is 0 Å². The third kappa shape index (κ3) is 1.31. The zero-order valence-electron chi connectivity index (χ0n) is 7.09. The molecule has 0 saturated carbocycles. The molecule has 0 saturated heterocycles. The van der Waals surface area contributed by atoms with Crippen molar-refractivity contribution in [3.8, 4) is 0 Å². The first-order chi connectivity index (χ1) is 5.92. The van der Waals surface area contributed by atoms with Gasteiger partial charge < -0.3 is 9.84 Å². The third-order valence-corrected chi connectivity index (χ3v) is 3.06. The lowest BCUT2D eigenvalue weighted by molar-refractivity contribution is 0.426. The van der Waals surface area contributed by atoms with Crippen LogP contribution >= 0.6 is 11.8 Å². The maximum absolute atomic E-state index is 5.15. The molecule has 0 aromatic carbocycles. The highest BCUT2D eigenvalue weighted by atomic mass is 32.2. The largest absolute Gasteiger partial charge is 0.357 e. The molecule has 0 atom stereocenters. The molecule has 66 valence electrons. The van der Waals surface area contributed by atoms with E-state index in [9.17, 15) is 0 Å². The number of fused-ring (bicyclic) bond motifs is 1. The normalized spacial score (nSPS) is 16.8. The van der Waals surface area contributed by atoms with Gasteiger partial charge in [-0.1, -0.05) is 5.16 Å². The van der Waals surface area contributed by atoms with E-state index < -0.39 is 0 Å². The van der Waals surface area contributed by atoms with Crippen LogP contribution in [0.5, 0.6) is 0 Å². The van der Waals surface area contributed by atoms with Crippen molar-refractivity contribution in [2.75, 3.05) is 23.9 Å². The van der Waals surface area contributed by atoms with Crippen molar-refractivity contribution in [2.45, 2.75) is 12.8 Å². The summed E-state index contributed by atoms with van der Waals surface area (Å²) in [5.74, 6) is 3.21. The molecule has 2 rings (SSSR count). The molecular formula is C8H12N2OS. The van der Waals surface area contributed by atoms with E-state index in [4.69, 9.17) is 4.52 Å². The Labute approximate surface area is 75.9 Å². The van der Waals surface area contributed by atoms with Crippen LogP contribution in [0.4, 0.5) is 5.88 Å². The van der Waals surface area contributed by atoms with Crippen molar-refractivity contribution >= 4 is 17.6 Å². The molecule has 2 heterocycles. The molecule has 4 heteroatoms. The van der Waals surface area contributed by atoms with Gasteiger partial charge in [-0.15, -0.1) is 0 Å². The lowest BCUT2D eigenvalue weighted by Crippen LogP contribution is -1.94. The van der Waals surface area contributed by atoms with Gasteiger partial charge >= 0.3 is 0 Å². The summed E-state index contributed by atoms with van der Waals surface area (Å²) in [6.45, 7) is 0. The van der Waals surface area contributed by atoms with E-state index >= 15 is 0 Å². The Morgan fingerprint density at radius 1 is 1.42 bits per heavy atom. The minimum absolute atomic E-state index is 0.854. The monoisotopic (exact) mass is 184 g/mol. The van der Waals surface area contributed by atoms with E-state index in [0.29, 0.717) is 0 Å². The van der Waals surface area contributed by atoms with E-state index in [1.165, 1.54) is 17.1 Å². The van der Waals surface area contributed by atoms with Crippen molar-refractivity contribution in [2.24, 2.45) is 0 Å². The number of nitrogens with one attached hydrogen (secondary N) is 1. The second kappa shape index (κ2) is 3.39. The van der Waals surface area contributed by atoms with Crippen LogP contribution < -0.4 is 5.32 Å². The van der Waals surface area contributed by atoms with Crippen molar-refractivity contribution in [1.29, 1.82) is 0 Å². The third-order valence-electron chi connectivity index (χ3n) is 2.08. The molecule has 1 N–H and O–H groups in total. The predicted molar refractivity (Wildman–Crippen MR) is 50.8 cm³/mol. The number of aromatic nitrogens is 1. The van der Waals surface area contributed by atoms with Crippen LogP contribution in [0.3, 0.4) is 0 Å². The van der Waals surface area contributed by atoms with Crippen LogP contribution in [0.2, 0.25) is 0 Å². The van der Waals surface area contributed by atoms with Gasteiger partial charge in [-0.25, -0.2) is 0 Å². The summed E-state index contributed by atoms with van der Waals surface area (Å²) in [5.41, 5.74) is 2.42. The van der Waals surface area contributed by atoms with Gasteiger partial charge in [-0.2, -0.15) is 11.8 Å². The van der Waals surface area contributed by atoms with Crippen LogP contribution in [-0.4, -0.2) is 23.7 Å². The van der Waals surface area contributed by atoms with Crippen LogP contribution in [0.15, 0.2) is 4.52 Å². The zero-order chi connectivity index (χ0) is 8.39. The molecule has 12 heavy (non-hydrogen) atoms. The molecule has 0 unspecified atom stereocenters. The molecule has 3 nitrogen and oxygen atoms in total. The maximum atomic E-state index is 5.15. The summed E-state index contributed by atoms with van der Waals surface area (Å²) in [7, 11) is 1.87. The molecule has 1 aromatic rings. The van der Waals surface area contributed by atoms with E-state index in [2.05, 4.69) is 10.5 Å². The summed E-state index contributed by atoms with van der Waals surface area (Å²) in [4.78, 5) is 0. The molecule has 0 aliphatic carbocycles. The van der Waals surface area contributed by atoms with E-state index in [0.717, 1.165) is 24.4 Å². The predicted octanol–water partition coefficient (Wildman–Crippen LogP) is 1.55. The molecule has 1 aromatic heterocycles. The SMILES string of the molecule is CNc1onc2c1CCSCC2. The van der Waals surface area contributed by atoms with Gasteiger partial charge in [-0.3, -0.25) is 0 Å². The van der Waals surface area contributed by atoms with Gasteiger partial charge in [0.15, 0.2) is 0 Å². The number of aryl methyl sites for hydroxylation is 1. The Kier molecular flexibility index (Phi) is 2.26. The number of anilines is 1. The molecule has 1 aliphatic heterocycles. The Morgan fingerprint density at radius 3 is 3.08 bits per heavy atom. The van der Waals surface area contributed by atoms with Crippen LogP contribution in [0.25, 0.3) is 0 Å². The van der Waals surface area contributed by atoms with Crippen molar-refractivity contribution < 1.29 is 4.52 Å². The summed E-state index contributed by atoms with van der Waals surface area (Å²) in [6, 6.07) is 0. The fourth-order valence-corrected chi connectivity index (χ4v) is 2.33. The Hall–Kier alpha value is -0.640. The fraction of sp³-hybridized carbons (Fsp3) is 0.625. The molecule has 0 fully saturated rings. The van der Waals surface area contributed by atoms with Gasteiger partial charge in [0.2, 0.25) is 5.88 Å². The molecular weight excluding hydrogens is 172 g/mol. The molecule has 0 amide bonds. The smallest absolute Gasteiger partial charge is 0.227 e. The Bertz CT molecular complexity index is 272. The Balaban J connectivity index is 2.32. The van der Waals surface area contributed by atoms with Gasteiger partial charge in [0.1, 0.15) is 0 Å². The first-order valence-electron chi connectivity index (χ1n) is 4.14. The molecule has 0 spiro atoms. The number of nitrogens with zero attached hydrogens (tertiary/aromatic N) is 1. The minimum atomic E-state index is 0.854. The number of hydrogen-bond acceptors (Lipinski definition) is 4. The molecule has 0 radical (unpaired) electrons. The van der Waals surface area contributed by atoms with Crippen LogP contribution in [-0.2, 0) is 12.8 Å². The van der Waals surface area contributed by atoms with Gasteiger partial charge in [-0.05, 0) is 17.9 Å². The van der Waals surface area contributed by atoms with Crippen molar-refractivity contribution in [3.05, 3.63) is 11.3 Å². The van der Waals surface area contributed by atoms with E-state index in [-0.39, 0.29) is 0 Å². The van der Waals surface area contributed by atoms with Gasteiger partial charge in [0, 0.05) is 19.0 Å². The highest BCUT2D eigenvalue weighted by Crippen LogP contribution is 2.25. The minimum Gasteiger partial charge on any atom is -0.357 e. The molecule has 0 bridgehead atoms. The van der Waals surface area contributed by atoms with E-state index in [1.807, 2.05) is 18.8 Å². The first kappa shape index (κ1) is 7.98. The van der Waals surface area contributed by atoms with Gasteiger partial charge in [0.25, 0.3) is 0 Å². The second-order valence-electron chi connectivity index (χ2n) is 2.80. The first-order valence-corrected chi connectivity index (χ1v) is 5.30. The summed E-state index contributed by atoms with van der Waals surface area (Å²) in [6.07, 6.45) is 2.13.